The zero-order valence-corrected chi connectivity index (χ0v) is 22.5. The highest BCUT2D eigenvalue weighted by Crippen LogP contribution is 2.43. The van der Waals surface area contributed by atoms with Gasteiger partial charge in [-0.1, -0.05) is 48.5 Å². The largest absolute Gasteiger partial charge is 0.310 e. The number of hydrogen-bond acceptors (Lipinski definition) is 4. The van der Waals surface area contributed by atoms with Gasteiger partial charge in [0.15, 0.2) is 0 Å². The van der Waals surface area contributed by atoms with Crippen molar-refractivity contribution in [1.82, 2.24) is 4.98 Å². The molecule has 0 fully saturated rings. The van der Waals surface area contributed by atoms with Crippen molar-refractivity contribution in [2.45, 2.75) is 0 Å². The summed E-state index contributed by atoms with van der Waals surface area (Å²) in [6, 6.07) is 44.1. The van der Waals surface area contributed by atoms with Crippen LogP contribution in [0.2, 0.25) is 0 Å². The van der Waals surface area contributed by atoms with Crippen molar-refractivity contribution in [2.75, 3.05) is 4.90 Å². The van der Waals surface area contributed by atoms with Gasteiger partial charge in [-0.3, -0.25) is 4.98 Å². The van der Waals surface area contributed by atoms with Crippen molar-refractivity contribution in [3.8, 4) is 11.1 Å². The summed E-state index contributed by atoms with van der Waals surface area (Å²) in [6.45, 7) is 0. The quantitative estimate of drug-likeness (QED) is 0.223. The number of thiophene rings is 2. The lowest BCUT2D eigenvalue weighted by Gasteiger charge is -2.26. The van der Waals surface area contributed by atoms with Gasteiger partial charge in [-0.05, 0) is 83.9 Å². The molecule has 0 amide bonds. The van der Waals surface area contributed by atoms with Gasteiger partial charge in [-0.25, -0.2) is 0 Å². The molecule has 8 aromatic rings. The fourth-order valence-electron chi connectivity index (χ4n) is 5.50. The van der Waals surface area contributed by atoms with Crippen LogP contribution in [0.4, 0.5) is 17.1 Å². The van der Waals surface area contributed by atoms with Crippen LogP contribution >= 0.6 is 22.7 Å². The first-order valence-corrected chi connectivity index (χ1v) is 14.6. The molecule has 4 heteroatoms. The van der Waals surface area contributed by atoms with Gasteiger partial charge in [0.05, 0.1) is 0 Å². The molecule has 0 N–H and O–H groups in total. The average Bonchev–Trinajstić information content (AvgIpc) is 3.56. The summed E-state index contributed by atoms with van der Waals surface area (Å²) in [4.78, 5) is 6.56. The van der Waals surface area contributed by atoms with Crippen molar-refractivity contribution < 1.29 is 0 Å². The fourth-order valence-corrected chi connectivity index (χ4v) is 7.67. The van der Waals surface area contributed by atoms with E-state index in [9.17, 15) is 0 Å². The predicted octanol–water partition coefficient (Wildman–Crippen LogP) is 11.0. The number of hydrogen-bond donors (Lipinski definition) is 0. The second kappa shape index (κ2) is 9.05. The van der Waals surface area contributed by atoms with E-state index in [1.165, 1.54) is 51.5 Å². The lowest BCUT2D eigenvalue weighted by Crippen LogP contribution is -2.09. The molecule has 0 radical (unpaired) electrons. The second-order valence-corrected chi connectivity index (χ2v) is 11.8. The Labute approximate surface area is 234 Å². The Morgan fingerprint density at radius 3 is 1.44 bits per heavy atom. The fraction of sp³-hybridized carbons (Fsp3) is 0. The SMILES string of the molecule is c1ccc2c(c1)sc1ccc(N(c3ccc(-c4ccncc4)cc3)c3ccc4sc5ccccc5c4c3)cc12. The zero-order chi connectivity index (χ0) is 25.8. The molecular weight excluding hydrogens is 513 g/mol. The van der Waals surface area contributed by atoms with E-state index < -0.39 is 0 Å². The highest BCUT2D eigenvalue weighted by Gasteiger charge is 2.16. The topological polar surface area (TPSA) is 16.1 Å². The molecular formula is C35H22N2S2. The molecule has 0 aliphatic heterocycles. The number of rotatable bonds is 4. The van der Waals surface area contributed by atoms with Crippen LogP contribution in [0.5, 0.6) is 0 Å². The van der Waals surface area contributed by atoms with E-state index in [1.807, 2.05) is 35.1 Å². The number of nitrogens with zero attached hydrogens (tertiary/aromatic N) is 2. The van der Waals surface area contributed by atoms with E-state index in [2.05, 4.69) is 131 Å². The van der Waals surface area contributed by atoms with E-state index in [4.69, 9.17) is 0 Å². The molecule has 3 heterocycles. The first-order chi connectivity index (χ1) is 19.3. The summed E-state index contributed by atoms with van der Waals surface area (Å²) in [7, 11) is 0. The van der Waals surface area contributed by atoms with Crippen molar-refractivity contribution in [2.24, 2.45) is 0 Å². The Bertz CT molecular complexity index is 2010. The molecule has 39 heavy (non-hydrogen) atoms. The lowest BCUT2D eigenvalue weighted by atomic mass is 10.1. The molecule has 0 unspecified atom stereocenters. The molecule has 0 saturated heterocycles. The van der Waals surface area contributed by atoms with Crippen LogP contribution in [0.15, 0.2) is 134 Å². The Balaban J connectivity index is 1.33. The highest BCUT2D eigenvalue weighted by molar-refractivity contribution is 7.26. The molecule has 0 bridgehead atoms. The molecule has 2 nitrogen and oxygen atoms in total. The first-order valence-electron chi connectivity index (χ1n) is 12.9. The van der Waals surface area contributed by atoms with Gasteiger partial charge in [0.1, 0.15) is 0 Å². The monoisotopic (exact) mass is 534 g/mol. The summed E-state index contributed by atoms with van der Waals surface area (Å²) in [5.74, 6) is 0. The van der Waals surface area contributed by atoms with Crippen molar-refractivity contribution in [1.29, 1.82) is 0 Å². The van der Waals surface area contributed by atoms with Crippen LogP contribution in [0.25, 0.3) is 51.5 Å². The predicted molar refractivity (Wildman–Crippen MR) is 170 cm³/mol. The van der Waals surface area contributed by atoms with Gasteiger partial charge in [-0.15, -0.1) is 22.7 Å². The maximum Gasteiger partial charge on any atom is 0.0468 e. The summed E-state index contributed by atoms with van der Waals surface area (Å²) in [6.07, 6.45) is 3.69. The summed E-state index contributed by atoms with van der Waals surface area (Å²) in [5, 5.41) is 5.22. The van der Waals surface area contributed by atoms with E-state index in [0.29, 0.717) is 0 Å². The molecule has 0 spiro atoms. The third kappa shape index (κ3) is 3.80. The number of anilines is 3. The number of aromatic nitrogens is 1. The average molecular weight is 535 g/mol. The van der Waals surface area contributed by atoms with Crippen LogP contribution in [0.1, 0.15) is 0 Å². The molecule has 0 saturated carbocycles. The third-order valence-corrected chi connectivity index (χ3v) is 9.68. The van der Waals surface area contributed by atoms with Gasteiger partial charge >= 0.3 is 0 Å². The van der Waals surface area contributed by atoms with Gasteiger partial charge in [-0.2, -0.15) is 0 Å². The maximum atomic E-state index is 4.17. The molecule has 0 atom stereocenters. The minimum atomic E-state index is 1.13. The minimum absolute atomic E-state index is 1.13. The lowest BCUT2D eigenvalue weighted by molar-refractivity contribution is 1.29. The second-order valence-electron chi connectivity index (χ2n) is 9.68. The number of pyridine rings is 1. The van der Waals surface area contributed by atoms with E-state index >= 15 is 0 Å². The summed E-state index contributed by atoms with van der Waals surface area (Å²) in [5.41, 5.74) is 5.79. The standard InChI is InChI=1S/C35H22N2S2/c1-3-7-32-28(5-1)30-21-26(13-15-34(30)38-32)37(25-11-9-23(10-12-25)24-17-19-36-20-18-24)27-14-16-35-31(22-27)29-6-2-4-8-33(29)39-35/h1-22H. The van der Waals surface area contributed by atoms with Crippen LogP contribution in [-0.2, 0) is 0 Å². The molecule has 0 aliphatic rings. The van der Waals surface area contributed by atoms with Crippen molar-refractivity contribution in [3.05, 3.63) is 134 Å². The molecule has 3 aromatic heterocycles. The number of benzene rings is 5. The van der Waals surface area contributed by atoms with Crippen molar-refractivity contribution >= 4 is 80.1 Å². The molecule has 0 aliphatic carbocycles. The van der Waals surface area contributed by atoms with E-state index in [-0.39, 0.29) is 0 Å². The minimum Gasteiger partial charge on any atom is -0.310 e. The van der Waals surface area contributed by atoms with Crippen LogP contribution in [-0.4, -0.2) is 4.98 Å². The zero-order valence-electron chi connectivity index (χ0n) is 20.9. The number of fused-ring (bicyclic) bond motifs is 6. The maximum absolute atomic E-state index is 4.17. The smallest absolute Gasteiger partial charge is 0.0468 e. The molecule has 8 rings (SSSR count). The van der Waals surface area contributed by atoms with Gasteiger partial charge in [0.2, 0.25) is 0 Å². The highest BCUT2D eigenvalue weighted by atomic mass is 32.1. The van der Waals surface area contributed by atoms with Crippen LogP contribution < -0.4 is 4.90 Å². The Morgan fingerprint density at radius 1 is 0.410 bits per heavy atom. The van der Waals surface area contributed by atoms with E-state index in [1.54, 1.807) is 0 Å². The Hall–Kier alpha value is -4.51. The van der Waals surface area contributed by atoms with Crippen LogP contribution in [0.3, 0.4) is 0 Å². The summed E-state index contributed by atoms with van der Waals surface area (Å²) < 4.78 is 5.27. The molecule has 184 valence electrons. The van der Waals surface area contributed by atoms with Gasteiger partial charge in [0.25, 0.3) is 0 Å². The normalized spacial score (nSPS) is 11.6. The van der Waals surface area contributed by atoms with E-state index in [0.717, 1.165) is 17.1 Å². The first kappa shape index (κ1) is 22.5. The Kier molecular flexibility index (Phi) is 5.22. The summed E-state index contributed by atoms with van der Waals surface area (Å²) >= 11 is 3.71. The van der Waals surface area contributed by atoms with Gasteiger partial charge in [0, 0.05) is 69.8 Å². The Morgan fingerprint density at radius 2 is 0.872 bits per heavy atom. The van der Waals surface area contributed by atoms with Crippen LogP contribution in [0, 0.1) is 0 Å². The molecule has 5 aromatic carbocycles. The van der Waals surface area contributed by atoms with Gasteiger partial charge < -0.3 is 4.90 Å². The van der Waals surface area contributed by atoms with Crippen molar-refractivity contribution in [3.63, 3.8) is 0 Å². The third-order valence-electron chi connectivity index (χ3n) is 7.38.